The molecule has 1 aromatic heterocycles. The minimum absolute atomic E-state index is 0.00332. The Morgan fingerprint density at radius 3 is 2.91 bits per heavy atom. The first kappa shape index (κ1) is 16.3. The third-order valence-electron chi connectivity index (χ3n) is 5.17. The van der Waals surface area contributed by atoms with Gasteiger partial charge in [-0.2, -0.15) is 0 Å². The van der Waals surface area contributed by atoms with Crippen LogP contribution >= 0.6 is 11.8 Å². The number of hydrogen-bond donors (Lipinski definition) is 2. The van der Waals surface area contributed by atoms with Crippen molar-refractivity contribution >= 4 is 29.4 Å². The Balaban J connectivity index is 1.89. The third-order valence-corrected chi connectivity index (χ3v) is 5.72. The topological polar surface area (TPSA) is 95.6 Å². The normalized spacial score (nSPS) is 28.4. The van der Waals surface area contributed by atoms with E-state index in [0.29, 0.717) is 30.5 Å². The maximum atomic E-state index is 12.0. The number of piperidine rings is 2. The zero-order chi connectivity index (χ0) is 16.6. The van der Waals surface area contributed by atoms with Gasteiger partial charge in [0.2, 0.25) is 0 Å². The molecule has 0 unspecified atom stereocenters. The van der Waals surface area contributed by atoms with Gasteiger partial charge >= 0.3 is 5.97 Å². The van der Waals surface area contributed by atoms with Crippen LogP contribution in [0.2, 0.25) is 0 Å². The molecule has 126 valence electrons. The number of thioether (sulfide) groups is 1. The van der Waals surface area contributed by atoms with E-state index in [2.05, 4.69) is 19.8 Å². The van der Waals surface area contributed by atoms with Crippen LogP contribution in [0.3, 0.4) is 0 Å². The Kier molecular flexibility index (Phi) is 4.37. The number of carboxylic acid groups (broad SMARTS) is 1. The van der Waals surface area contributed by atoms with Crippen LogP contribution in [0.25, 0.3) is 0 Å². The molecule has 0 spiro atoms. The highest BCUT2D eigenvalue weighted by Gasteiger charge is 2.52. The molecule has 2 saturated heterocycles. The molecule has 0 saturated carbocycles. The second-order valence-corrected chi connectivity index (χ2v) is 7.17. The summed E-state index contributed by atoms with van der Waals surface area (Å²) in [6.45, 7) is 2.28. The zero-order valence-electron chi connectivity index (χ0n) is 13.5. The first-order chi connectivity index (χ1) is 11.0. The summed E-state index contributed by atoms with van der Waals surface area (Å²) >= 11 is 1.46. The molecule has 7 nitrogen and oxygen atoms in total. The lowest BCUT2D eigenvalue weighted by Gasteiger charge is -2.52. The lowest BCUT2D eigenvalue weighted by molar-refractivity contribution is -0.158. The van der Waals surface area contributed by atoms with Crippen molar-refractivity contribution in [3.05, 3.63) is 6.07 Å². The molecule has 0 aliphatic carbocycles. The van der Waals surface area contributed by atoms with Gasteiger partial charge in [0.05, 0.1) is 5.41 Å². The quantitative estimate of drug-likeness (QED) is 0.626. The summed E-state index contributed by atoms with van der Waals surface area (Å²) in [5.41, 5.74) is 5.24. The van der Waals surface area contributed by atoms with Crippen LogP contribution in [0.5, 0.6) is 0 Å². The van der Waals surface area contributed by atoms with Crippen LogP contribution < -0.4 is 10.6 Å². The number of nitrogens with two attached hydrogens (primary N) is 1. The Hall–Kier alpha value is -1.54. The summed E-state index contributed by atoms with van der Waals surface area (Å²) in [5, 5.41) is 10.5. The van der Waals surface area contributed by atoms with Crippen molar-refractivity contribution in [2.45, 2.75) is 30.5 Å². The molecule has 2 aliphatic rings. The molecule has 3 rings (SSSR count). The zero-order valence-corrected chi connectivity index (χ0v) is 14.3. The van der Waals surface area contributed by atoms with Crippen LogP contribution in [0.4, 0.5) is 11.6 Å². The van der Waals surface area contributed by atoms with Crippen molar-refractivity contribution in [3.8, 4) is 0 Å². The van der Waals surface area contributed by atoms with Crippen molar-refractivity contribution in [1.29, 1.82) is 0 Å². The predicted molar refractivity (Wildman–Crippen MR) is 90.8 cm³/mol. The lowest BCUT2D eigenvalue weighted by Crippen LogP contribution is -2.63. The molecule has 3 N–H and O–H groups in total. The number of nitrogen functional groups attached to an aromatic ring is 1. The number of likely N-dealkylation sites (tertiary alicyclic amines) is 1. The Morgan fingerprint density at radius 1 is 1.43 bits per heavy atom. The monoisotopic (exact) mass is 337 g/mol. The van der Waals surface area contributed by atoms with Crippen LogP contribution in [0, 0.1) is 5.41 Å². The Labute approximate surface area is 140 Å². The number of aliphatic carboxylic acids is 1. The van der Waals surface area contributed by atoms with Crippen molar-refractivity contribution < 1.29 is 9.90 Å². The Bertz CT molecular complexity index is 614. The van der Waals surface area contributed by atoms with Crippen molar-refractivity contribution in [1.82, 2.24) is 14.9 Å². The number of rotatable bonds is 3. The number of carbonyl (C=O) groups is 1. The van der Waals surface area contributed by atoms with Gasteiger partial charge < -0.3 is 20.6 Å². The van der Waals surface area contributed by atoms with E-state index < -0.39 is 11.4 Å². The maximum absolute atomic E-state index is 12.0. The molecular formula is C15H23N5O2S. The fourth-order valence-corrected chi connectivity index (χ4v) is 4.26. The number of fused-ring (bicyclic) bond motifs is 1. The van der Waals surface area contributed by atoms with Gasteiger partial charge in [0.15, 0.2) is 5.16 Å². The molecule has 1 aromatic rings. The van der Waals surface area contributed by atoms with E-state index in [0.717, 1.165) is 25.2 Å². The molecule has 0 amide bonds. The average Bonchev–Trinajstić information content (AvgIpc) is 2.54. The molecule has 0 aromatic carbocycles. The van der Waals surface area contributed by atoms with Crippen molar-refractivity contribution in [3.63, 3.8) is 0 Å². The van der Waals surface area contributed by atoms with Gasteiger partial charge in [-0.1, -0.05) is 11.8 Å². The number of aromatic nitrogens is 2. The average molecular weight is 337 g/mol. The molecule has 0 bridgehead atoms. The standard InChI is InChI=1S/C15H23N5O2S/c1-19-6-3-4-15(13(21)22)5-7-20(9-10(15)19)12-8-11(16)17-14(18-12)23-2/h8,10H,3-7,9H2,1-2H3,(H,21,22)(H2,16,17,18)/t10-,15+/m1/s1. The summed E-state index contributed by atoms with van der Waals surface area (Å²) in [6, 6.07) is 1.77. The Morgan fingerprint density at radius 2 is 2.22 bits per heavy atom. The summed E-state index contributed by atoms with van der Waals surface area (Å²) < 4.78 is 0. The number of carboxylic acids is 1. The van der Waals surface area contributed by atoms with Crippen LogP contribution in [0.15, 0.2) is 11.2 Å². The van der Waals surface area contributed by atoms with Gasteiger partial charge in [0.25, 0.3) is 0 Å². The largest absolute Gasteiger partial charge is 0.481 e. The number of anilines is 2. The second-order valence-electron chi connectivity index (χ2n) is 6.39. The molecule has 23 heavy (non-hydrogen) atoms. The van der Waals surface area contributed by atoms with Gasteiger partial charge in [-0.05, 0) is 39.1 Å². The smallest absolute Gasteiger partial charge is 0.311 e. The predicted octanol–water partition coefficient (Wildman–Crippen LogP) is 1.16. The van der Waals surface area contributed by atoms with E-state index in [1.54, 1.807) is 6.07 Å². The molecule has 8 heteroatoms. The highest BCUT2D eigenvalue weighted by Crippen LogP contribution is 2.43. The minimum Gasteiger partial charge on any atom is -0.481 e. The van der Waals surface area contributed by atoms with Crippen LogP contribution in [0.1, 0.15) is 19.3 Å². The molecule has 2 atom stereocenters. The SMILES string of the molecule is CSc1nc(N)cc(N2CC[C@@]3(C(=O)O)CCCN(C)[C@@H]3C2)n1. The van der Waals surface area contributed by atoms with Crippen molar-refractivity contribution in [2.24, 2.45) is 5.41 Å². The van der Waals surface area contributed by atoms with E-state index >= 15 is 0 Å². The highest BCUT2D eigenvalue weighted by atomic mass is 32.2. The van der Waals surface area contributed by atoms with Gasteiger partial charge in [0.1, 0.15) is 11.6 Å². The van der Waals surface area contributed by atoms with E-state index in [9.17, 15) is 9.90 Å². The lowest BCUT2D eigenvalue weighted by atomic mass is 9.68. The summed E-state index contributed by atoms with van der Waals surface area (Å²) in [7, 11) is 2.02. The number of hydrogen-bond acceptors (Lipinski definition) is 7. The molecule has 2 fully saturated rings. The fourth-order valence-electron chi connectivity index (χ4n) is 3.88. The van der Waals surface area contributed by atoms with Gasteiger partial charge in [0, 0.05) is 25.2 Å². The summed E-state index contributed by atoms with van der Waals surface area (Å²) in [5.74, 6) is 0.576. The first-order valence-corrected chi connectivity index (χ1v) is 9.06. The first-order valence-electron chi connectivity index (χ1n) is 7.83. The fraction of sp³-hybridized carbons (Fsp3) is 0.667. The third kappa shape index (κ3) is 2.85. The number of likely N-dealkylation sites (N-methyl/N-ethyl adjacent to an activating group) is 1. The highest BCUT2D eigenvalue weighted by molar-refractivity contribution is 7.98. The van der Waals surface area contributed by atoms with Crippen LogP contribution in [-0.4, -0.2) is 64.9 Å². The van der Waals surface area contributed by atoms with Crippen molar-refractivity contribution in [2.75, 3.05) is 43.6 Å². The van der Waals surface area contributed by atoms with E-state index in [4.69, 9.17) is 5.73 Å². The molecule has 2 aliphatic heterocycles. The van der Waals surface area contributed by atoms with E-state index in [1.165, 1.54) is 11.8 Å². The van der Waals surface area contributed by atoms with Gasteiger partial charge in [-0.3, -0.25) is 4.79 Å². The van der Waals surface area contributed by atoms with Gasteiger partial charge in [-0.15, -0.1) is 0 Å². The maximum Gasteiger partial charge on any atom is 0.311 e. The minimum atomic E-state index is -0.666. The van der Waals surface area contributed by atoms with E-state index in [1.807, 2.05) is 13.3 Å². The number of nitrogens with zero attached hydrogens (tertiary/aromatic N) is 4. The molecule has 0 radical (unpaired) electrons. The summed E-state index contributed by atoms with van der Waals surface area (Å²) in [6.07, 6.45) is 4.25. The molecule has 3 heterocycles. The second kappa shape index (κ2) is 6.16. The summed E-state index contributed by atoms with van der Waals surface area (Å²) in [4.78, 5) is 25.0. The van der Waals surface area contributed by atoms with E-state index in [-0.39, 0.29) is 6.04 Å². The molecular weight excluding hydrogens is 314 g/mol. The van der Waals surface area contributed by atoms with Crippen LogP contribution in [-0.2, 0) is 4.79 Å². The van der Waals surface area contributed by atoms with Gasteiger partial charge in [-0.25, -0.2) is 9.97 Å².